The van der Waals surface area contributed by atoms with E-state index in [-0.39, 0.29) is 0 Å². The van der Waals surface area contributed by atoms with Crippen LogP contribution in [0.2, 0.25) is 0 Å². The van der Waals surface area contributed by atoms with Crippen molar-refractivity contribution in [2.45, 2.75) is 38.8 Å². The standard InChI is InChI=1S/C15H21N5/c1-2-20-11-13(8-18-20)10-19-7-3-4-14(12-19)15-9-16-5-6-17-15/h5-6,8-9,11,14H,2-4,7,10,12H2,1H3/t14-/m0/s1. The summed E-state index contributed by atoms with van der Waals surface area (Å²) in [6.45, 7) is 6.25. The highest BCUT2D eigenvalue weighted by molar-refractivity contribution is 5.08. The minimum Gasteiger partial charge on any atom is -0.298 e. The lowest BCUT2D eigenvalue weighted by molar-refractivity contribution is 0.198. The number of likely N-dealkylation sites (tertiary alicyclic amines) is 1. The molecule has 0 unspecified atom stereocenters. The van der Waals surface area contributed by atoms with Gasteiger partial charge in [0, 0.05) is 55.9 Å². The molecule has 3 rings (SSSR count). The van der Waals surface area contributed by atoms with Gasteiger partial charge in [-0.1, -0.05) is 0 Å². The lowest BCUT2D eigenvalue weighted by Gasteiger charge is -2.31. The first-order chi connectivity index (χ1) is 9.85. The van der Waals surface area contributed by atoms with E-state index in [0.717, 1.165) is 31.9 Å². The molecular weight excluding hydrogens is 250 g/mol. The van der Waals surface area contributed by atoms with Gasteiger partial charge >= 0.3 is 0 Å². The third-order valence-electron chi connectivity index (χ3n) is 3.92. The summed E-state index contributed by atoms with van der Waals surface area (Å²) in [6, 6.07) is 0. The van der Waals surface area contributed by atoms with E-state index in [1.165, 1.54) is 18.4 Å². The Morgan fingerprint density at radius 1 is 1.30 bits per heavy atom. The zero-order valence-corrected chi connectivity index (χ0v) is 11.9. The van der Waals surface area contributed by atoms with E-state index in [1.54, 1.807) is 12.4 Å². The molecule has 0 N–H and O–H groups in total. The maximum Gasteiger partial charge on any atom is 0.0630 e. The van der Waals surface area contributed by atoms with Gasteiger partial charge in [0.2, 0.25) is 0 Å². The molecule has 0 amide bonds. The molecular formula is C15H21N5. The number of hydrogen-bond acceptors (Lipinski definition) is 4. The SMILES string of the molecule is CCn1cc(CN2CCC[C@H](c3cnccn3)C2)cn1. The van der Waals surface area contributed by atoms with Gasteiger partial charge in [0.15, 0.2) is 0 Å². The van der Waals surface area contributed by atoms with Crippen molar-refractivity contribution in [3.05, 3.63) is 42.2 Å². The molecule has 1 aliphatic rings. The van der Waals surface area contributed by atoms with Crippen LogP contribution in [0, 0.1) is 0 Å². The maximum absolute atomic E-state index is 4.46. The van der Waals surface area contributed by atoms with Crippen molar-refractivity contribution in [2.24, 2.45) is 0 Å². The van der Waals surface area contributed by atoms with Crippen LogP contribution in [0.1, 0.15) is 36.9 Å². The third kappa shape index (κ3) is 3.04. The second-order valence-corrected chi connectivity index (χ2v) is 5.41. The Labute approximate surface area is 119 Å². The number of aromatic nitrogens is 4. The molecule has 1 aliphatic heterocycles. The summed E-state index contributed by atoms with van der Waals surface area (Å²) < 4.78 is 1.99. The topological polar surface area (TPSA) is 46.8 Å². The predicted octanol–water partition coefficient (Wildman–Crippen LogP) is 2.07. The van der Waals surface area contributed by atoms with Crippen LogP contribution in [0.3, 0.4) is 0 Å². The average Bonchev–Trinajstić information content (AvgIpc) is 2.96. The molecule has 5 heteroatoms. The molecule has 1 saturated heterocycles. The van der Waals surface area contributed by atoms with E-state index in [9.17, 15) is 0 Å². The van der Waals surface area contributed by atoms with Gasteiger partial charge in [0.25, 0.3) is 0 Å². The van der Waals surface area contributed by atoms with Crippen LogP contribution < -0.4 is 0 Å². The zero-order valence-electron chi connectivity index (χ0n) is 11.9. The summed E-state index contributed by atoms with van der Waals surface area (Å²) in [5, 5.41) is 4.35. The van der Waals surface area contributed by atoms with E-state index < -0.39 is 0 Å². The highest BCUT2D eigenvalue weighted by atomic mass is 15.3. The Hall–Kier alpha value is -1.75. The summed E-state index contributed by atoms with van der Waals surface area (Å²) in [5.41, 5.74) is 2.42. The van der Waals surface area contributed by atoms with E-state index in [2.05, 4.69) is 33.1 Å². The van der Waals surface area contributed by atoms with Crippen molar-refractivity contribution < 1.29 is 0 Å². The molecule has 2 aromatic heterocycles. The summed E-state index contributed by atoms with van der Waals surface area (Å²) >= 11 is 0. The molecule has 1 atom stereocenters. The van der Waals surface area contributed by atoms with Crippen molar-refractivity contribution in [3.63, 3.8) is 0 Å². The minimum atomic E-state index is 0.513. The Morgan fingerprint density at radius 3 is 3.00 bits per heavy atom. The Balaban J connectivity index is 1.63. The van der Waals surface area contributed by atoms with Gasteiger partial charge in [0.05, 0.1) is 11.9 Å². The average molecular weight is 271 g/mol. The van der Waals surface area contributed by atoms with Crippen LogP contribution in [-0.2, 0) is 13.1 Å². The van der Waals surface area contributed by atoms with Gasteiger partial charge in [0.1, 0.15) is 0 Å². The second-order valence-electron chi connectivity index (χ2n) is 5.41. The first-order valence-electron chi connectivity index (χ1n) is 7.34. The summed E-state index contributed by atoms with van der Waals surface area (Å²) in [4.78, 5) is 11.1. The number of aryl methyl sites for hydroxylation is 1. The molecule has 2 aromatic rings. The molecule has 0 aliphatic carbocycles. The van der Waals surface area contributed by atoms with Crippen molar-refractivity contribution in [2.75, 3.05) is 13.1 Å². The van der Waals surface area contributed by atoms with Crippen LogP contribution in [0.15, 0.2) is 31.0 Å². The molecule has 0 aromatic carbocycles. The minimum absolute atomic E-state index is 0.513. The number of hydrogen-bond donors (Lipinski definition) is 0. The van der Waals surface area contributed by atoms with Crippen molar-refractivity contribution >= 4 is 0 Å². The van der Waals surface area contributed by atoms with Gasteiger partial charge < -0.3 is 0 Å². The van der Waals surface area contributed by atoms with Gasteiger partial charge in [-0.15, -0.1) is 0 Å². The van der Waals surface area contributed by atoms with Gasteiger partial charge in [-0.25, -0.2) is 0 Å². The molecule has 20 heavy (non-hydrogen) atoms. The Bertz CT molecular complexity index is 536. The third-order valence-corrected chi connectivity index (χ3v) is 3.92. The van der Waals surface area contributed by atoms with Gasteiger partial charge in [-0.3, -0.25) is 19.5 Å². The summed E-state index contributed by atoms with van der Waals surface area (Å²) in [5.74, 6) is 0.513. The quantitative estimate of drug-likeness (QED) is 0.854. The molecule has 5 nitrogen and oxygen atoms in total. The van der Waals surface area contributed by atoms with E-state index in [4.69, 9.17) is 0 Å². The fourth-order valence-corrected chi connectivity index (χ4v) is 2.88. The fraction of sp³-hybridized carbons (Fsp3) is 0.533. The molecule has 0 bridgehead atoms. The first-order valence-corrected chi connectivity index (χ1v) is 7.34. The Kier molecular flexibility index (Phi) is 4.06. The fourth-order valence-electron chi connectivity index (χ4n) is 2.88. The van der Waals surface area contributed by atoms with Crippen molar-refractivity contribution in [1.29, 1.82) is 0 Å². The second kappa shape index (κ2) is 6.13. The van der Waals surface area contributed by atoms with Crippen LogP contribution in [0.25, 0.3) is 0 Å². The summed E-state index contributed by atoms with van der Waals surface area (Å²) in [6.07, 6.45) is 12.0. The largest absolute Gasteiger partial charge is 0.298 e. The lowest BCUT2D eigenvalue weighted by Crippen LogP contribution is -2.34. The predicted molar refractivity (Wildman–Crippen MR) is 77.2 cm³/mol. The normalized spacial score (nSPS) is 20.1. The summed E-state index contributed by atoms with van der Waals surface area (Å²) in [7, 11) is 0. The monoisotopic (exact) mass is 271 g/mol. The van der Waals surface area contributed by atoms with E-state index in [0.29, 0.717) is 5.92 Å². The number of nitrogens with zero attached hydrogens (tertiary/aromatic N) is 5. The smallest absolute Gasteiger partial charge is 0.0630 e. The van der Waals surface area contributed by atoms with Crippen molar-refractivity contribution in [1.82, 2.24) is 24.6 Å². The highest BCUT2D eigenvalue weighted by Gasteiger charge is 2.22. The van der Waals surface area contributed by atoms with Crippen LogP contribution in [-0.4, -0.2) is 37.7 Å². The molecule has 1 fully saturated rings. The highest BCUT2D eigenvalue weighted by Crippen LogP contribution is 2.25. The van der Waals surface area contributed by atoms with Crippen LogP contribution in [0.5, 0.6) is 0 Å². The molecule has 3 heterocycles. The van der Waals surface area contributed by atoms with Crippen LogP contribution >= 0.6 is 0 Å². The van der Waals surface area contributed by atoms with Gasteiger partial charge in [-0.2, -0.15) is 5.10 Å². The molecule has 0 radical (unpaired) electrons. The maximum atomic E-state index is 4.46. The number of rotatable bonds is 4. The molecule has 0 saturated carbocycles. The molecule has 0 spiro atoms. The van der Waals surface area contributed by atoms with E-state index in [1.807, 2.05) is 17.1 Å². The first kappa shape index (κ1) is 13.2. The Morgan fingerprint density at radius 2 is 2.25 bits per heavy atom. The number of piperidine rings is 1. The zero-order chi connectivity index (χ0) is 13.8. The molecule has 106 valence electrons. The van der Waals surface area contributed by atoms with Crippen LogP contribution in [0.4, 0.5) is 0 Å². The van der Waals surface area contributed by atoms with E-state index >= 15 is 0 Å². The lowest BCUT2D eigenvalue weighted by atomic mass is 9.95. The van der Waals surface area contributed by atoms with Gasteiger partial charge in [-0.05, 0) is 26.3 Å². The van der Waals surface area contributed by atoms with Crippen molar-refractivity contribution in [3.8, 4) is 0 Å².